The molecule has 1 aliphatic carbocycles. The lowest BCUT2D eigenvalue weighted by Crippen LogP contribution is -2.39. The highest BCUT2D eigenvalue weighted by Gasteiger charge is 2.56. The molecule has 0 atom stereocenters. The zero-order chi connectivity index (χ0) is 17.3. The molecule has 6 nitrogen and oxygen atoms in total. The van der Waals surface area contributed by atoms with E-state index in [1.807, 2.05) is 30.3 Å². The van der Waals surface area contributed by atoms with Gasteiger partial charge >= 0.3 is 0 Å². The average Bonchev–Trinajstić information content (AvgIpc) is 3.33. The van der Waals surface area contributed by atoms with E-state index in [0.717, 1.165) is 5.56 Å². The zero-order valence-corrected chi connectivity index (χ0v) is 13.6. The smallest absolute Gasteiger partial charge is 0.240 e. The molecular weight excluding hydrogens is 320 g/mol. The van der Waals surface area contributed by atoms with Gasteiger partial charge in [-0.05, 0) is 30.5 Å². The zero-order valence-electron chi connectivity index (χ0n) is 13.6. The first kappa shape index (κ1) is 15.5. The van der Waals surface area contributed by atoms with Crippen molar-refractivity contribution in [2.75, 3.05) is 12.1 Å². The second-order valence-corrected chi connectivity index (χ2v) is 6.27. The van der Waals surface area contributed by atoms with Crippen LogP contribution in [0.1, 0.15) is 18.4 Å². The molecule has 0 saturated heterocycles. The number of nitrogens with one attached hydrogen (secondary N) is 2. The third kappa shape index (κ3) is 3.03. The SMILES string of the molecule is O=C(NCc1ccccc1)C1(C(=O)Nc2ccc3c(c2)OCO3)CC1. The van der Waals surface area contributed by atoms with Gasteiger partial charge in [0.25, 0.3) is 0 Å². The minimum Gasteiger partial charge on any atom is -0.454 e. The second-order valence-electron chi connectivity index (χ2n) is 6.27. The molecule has 25 heavy (non-hydrogen) atoms. The van der Waals surface area contributed by atoms with E-state index in [0.29, 0.717) is 36.6 Å². The van der Waals surface area contributed by atoms with Gasteiger partial charge < -0.3 is 20.1 Å². The highest BCUT2D eigenvalue weighted by atomic mass is 16.7. The number of carbonyl (C=O) groups excluding carboxylic acids is 2. The van der Waals surface area contributed by atoms with Crippen molar-refractivity contribution in [2.45, 2.75) is 19.4 Å². The molecule has 4 rings (SSSR count). The predicted octanol–water partition coefficient (Wildman–Crippen LogP) is 2.45. The van der Waals surface area contributed by atoms with Crippen LogP contribution in [0.5, 0.6) is 11.5 Å². The number of carbonyl (C=O) groups is 2. The molecule has 2 aliphatic rings. The molecule has 1 heterocycles. The first-order valence-corrected chi connectivity index (χ1v) is 8.21. The fraction of sp³-hybridized carbons (Fsp3) is 0.263. The third-order valence-electron chi connectivity index (χ3n) is 4.55. The van der Waals surface area contributed by atoms with Crippen LogP contribution in [0.15, 0.2) is 48.5 Å². The Hall–Kier alpha value is -3.02. The number of hydrogen-bond donors (Lipinski definition) is 2. The van der Waals surface area contributed by atoms with Crippen molar-refractivity contribution in [3.8, 4) is 11.5 Å². The van der Waals surface area contributed by atoms with Gasteiger partial charge in [0.15, 0.2) is 11.5 Å². The maximum absolute atomic E-state index is 12.6. The van der Waals surface area contributed by atoms with Gasteiger partial charge in [-0.25, -0.2) is 0 Å². The number of rotatable bonds is 5. The molecule has 0 aromatic heterocycles. The van der Waals surface area contributed by atoms with Gasteiger partial charge in [0.2, 0.25) is 18.6 Å². The lowest BCUT2D eigenvalue weighted by molar-refractivity contribution is -0.134. The van der Waals surface area contributed by atoms with E-state index in [1.54, 1.807) is 18.2 Å². The van der Waals surface area contributed by atoms with Crippen molar-refractivity contribution in [2.24, 2.45) is 5.41 Å². The molecule has 6 heteroatoms. The minimum atomic E-state index is -0.967. The topological polar surface area (TPSA) is 76.7 Å². The number of amides is 2. The van der Waals surface area contributed by atoms with Gasteiger partial charge in [-0.3, -0.25) is 9.59 Å². The summed E-state index contributed by atoms with van der Waals surface area (Å²) in [5.74, 6) is 0.738. The summed E-state index contributed by atoms with van der Waals surface area (Å²) >= 11 is 0. The predicted molar refractivity (Wildman–Crippen MR) is 91.2 cm³/mol. The Balaban J connectivity index is 1.40. The molecule has 2 aromatic carbocycles. The Morgan fingerprint density at radius 1 is 0.960 bits per heavy atom. The summed E-state index contributed by atoms with van der Waals surface area (Å²) in [7, 11) is 0. The van der Waals surface area contributed by atoms with Gasteiger partial charge in [0.1, 0.15) is 5.41 Å². The summed E-state index contributed by atoms with van der Waals surface area (Å²) in [4.78, 5) is 25.1. The Kier molecular flexibility index (Phi) is 3.80. The lowest BCUT2D eigenvalue weighted by atomic mass is 10.0. The Morgan fingerprint density at radius 2 is 1.72 bits per heavy atom. The van der Waals surface area contributed by atoms with Crippen LogP contribution in [0.3, 0.4) is 0 Å². The Morgan fingerprint density at radius 3 is 2.48 bits per heavy atom. The van der Waals surface area contributed by atoms with E-state index in [4.69, 9.17) is 9.47 Å². The second kappa shape index (κ2) is 6.12. The number of anilines is 1. The average molecular weight is 338 g/mol. The van der Waals surface area contributed by atoms with Crippen LogP contribution >= 0.6 is 0 Å². The number of ether oxygens (including phenoxy) is 2. The largest absolute Gasteiger partial charge is 0.454 e. The Bertz CT molecular complexity index is 815. The highest BCUT2D eigenvalue weighted by molar-refractivity contribution is 6.13. The van der Waals surface area contributed by atoms with Crippen LogP contribution in [0.2, 0.25) is 0 Å². The fourth-order valence-electron chi connectivity index (χ4n) is 2.85. The van der Waals surface area contributed by atoms with Gasteiger partial charge in [-0.1, -0.05) is 30.3 Å². The molecule has 2 amide bonds. The van der Waals surface area contributed by atoms with Crippen LogP contribution in [-0.4, -0.2) is 18.6 Å². The van der Waals surface area contributed by atoms with Crippen LogP contribution in [-0.2, 0) is 16.1 Å². The molecular formula is C19H18N2O4. The van der Waals surface area contributed by atoms with Gasteiger partial charge in [0, 0.05) is 18.3 Å². The van der Waals surface area contributed by atoms with E-state index >= 15 is 0 Å². The normalized spacial score (nSPS) is 16.2. The van der Waals surface area contributed by atoms with Gasteiger partial charge in [-0.2, -0.15) is 0 Å². The maximum Gasteiger partial charge on any atom is 0.240 e. The number of fused-ring (bicyclic) bond motifs is 1. The van der Waals surface area contributed by atoms with Crippen molar-refractivity contribution in [3.63, 3.8) is 0 Å². The minimum absolute atomic E-state index is 0.179. The summed E-state index contributed by atoms with van der Waals surface area (Å²) in [6.45, 7) is 0.595. The van der Waals surface area contributed by atoms with Crippen LogP contribution in [0.25, 0.3) is 0 Å². The summed E-state index contributed by atoms with van der Waals surface area (Å²) in [5, 5.41) is 5.68. The molecule has 2 N–H and O–H groups in total. The summed E-state index contributed by atoms with van der Waals surface area (Å²) in [6.07, 6.45) is 1.12. The molecule has 1 fully saturated rings. The first-order valence-electron chi connectivity index (χ1n) is 8.21. The van der Waals surface area contributed by atoms with E-state index in [9.17, 15) is 9.59 Å². The van der Waals surface area contributed by atoms with Crippen molar-refractivity contribution >= 4 is 17.5 Å². The third-order valence-corrected chi connectivity index (χ3v) is 4.55. The summed E-state index contributed by atoms with van der Waals surface area (Å²) in [6, 6.07) is 14.8. The van der Waals surface area contributed by atoms with E-state index in [-0.39, 0.29) is 18.6 Å². The van der Waals surface area contributed by atoms with Crippen molar-refractivity contribution in [1.82, 2.24) is 5.32 Å². The van der Waals surface area contributed by atoms with Crippen molar-refractivity contribution in [1.29, 1.82) is 0 Å². The maximum atomic E-state index is 12.6. The highest BCUT2D eigenvalue weighted by Crippen LogP contribution is 2.47. The molecule has 2 aromatic rings. The van der Waals surface area contributed by atoms with Crippen molar-refractivity contribution < 1.29 is 19.1 Å². The molecule has 0 spiro atoms. The standard InChI is InChI=1S/C19H18N2O4/c22-17(20-11-13-4-2-1-3-5-13)19(8-9-19)18(23)21-14-6-7-15-16(10-14)25-12-24-15/h1-7,10H,8-9,11-12H2,(H,20,22)(H,21,23). The molecule has 1 saturated carbocycles. The Labute approximate surface area is 145 Å². The van der Waals surface area contributed by atoms with Crippen LogP contribution < -0.4 is 20.1 Å². The molecule has 0 bridgehead atoms. The molecule has 1 aliphatic heterocycles. The lowest BCUT2D eigenvalue weighted by Gasteiger charge is -2.15. The van der Waals surface area contributed by atoms with E-state index in [1.165, 1.54) is 0 Å². The summed E-state index contributed by atoms with van der Waals surface area (Å²) in [5.41, 5.74) is 0.629. The van der Waals surface area contributed by atoms with Gasteiger partial charge in [-0.15, -0.1) is 0 Å². The summed E-state index contributed by atoms with van der Waals surface area (Å²) < 4.78 is 10.6. The quantitative estimate of drug-likeness (QED) is 0.821. The number of hydrogen-bond acceptors (Lipinski definition) is 4. The first-order chi connectivity index (χ1) is 12.2. The monoisotopic (exact) mass is 338 g/mol. The van der Waals surface area contributed by atoms with Crippen LogP contribution in [0.4, 0.5) is 5.69 Å². The van der Waals surface area contributed by atoms with E-state index < -0.39 is 5.41 Å². The fourth-order valence-corrected chi connectivity index (χ4v) is 2.85. The van der Waals surface area contributed by atoms with Gasteiger partial charge in [0.05, 0.1) is 0 Å². The van der Waals surface area contributed by atoms with Crippen molar-refractivity contribution in [3.05, 3.63) is 54.1 Å². The molecule has 0 radical (unpaired) electrons. The molecule has 0 unspecified atom stereocenters. The van der Waals surface area contributed by atoms with E-state index in [2.05, 4.69) is 10.6 Å². The van der Waals surface area contributed by atoms with Crippen LogP contribution in [0, 0.1) is 5.41 Å². The molecule has 128 valence electrons. The number of benzene rings is 2.